The molecule has 0 spiro atoms. The fourth-order valence-electron chi connectivity index (χ4n) is 3.30. The van der Waals surface area contributed by atoms with Gasteiger partial charge in [0.05, 0.1) is 11.5 Å². The average molecular weight is 321 g/mol. The van der Waals surface area contributed by atoms with Crippen molar-refractivity contribution in [2.24, 2.45) is 5.92 Å². The normalized spacial score (nSPS) is 20.9. The minimum atomic E-state index is -1.03. The molecule has 1 aromatic rings. The molecule has 6 nitrogen and oxygen atoms in total. The van der Waals surface area contributed by atoms with Crippen molar-refractivity contribution in [3.8, 4) is 5.75 Å². The quantitative estimate of drug-likeness (QED) is 0.657. The summed E-state index contributed by atoms with van der Waals surface area (Å²) in [6.07, 6.45) is 0.970. The van der Waals surface area contributed by atoms with Crippen molar-refractivity contribution in [2.45, 2.75) is 51.6 Å². The summed E-state index contributed by atoms with van der Waals surface area (Å²) in [4.78, 5) is 23.2. The van der Waals surface area contributed by atoms with Gasteiger partial charge in [0.15, 0.2) is 0 Å². The number of benzene rings is 1. The molecule has 2 N–H and O–H groups in total. The zero-order chi connectivity index (χ0) is 17.4. The van der Waals surface area contributed by atoms with Crippen LogP contribution in [0.2, 0.25) is 0 Å². The summed E-state index contributed by atoms with van der Waals surface area (Å²) in [5.41, 5.74) is -0.919. The number of ether oxygens (including phenoxy) is 1. The van der Waals surface area contributed by atoms with Crippen LogP contribution in [0.3, 0.4) is 0 Å². The summed E-state index contributed by atoms with van der Waals surface area (Å²) < 4.78 is 5.38. The standard InChI is InChI=1S/C17H23NO5/c1-16(2)9-12(10-17(3,4)18(16)22)15(21)23-13-7-5-11(6-8-13)14(19)20/h5-8,12,22H,9-10H2,1-4H3,(H,19,20). The molecule has 2 rings (SSSR count). The molecule has 1 aliphatic heterocycles. The highest BCUT2D eigenvalue weighted by Crippen LogP contribution is 2.40. The Hall–Kier alpha value is -1.92. The Labute approximate surface area is 135 Å². The molecular formula is C17H23NO5. The van der Waals surface area contributed by atoms with Crippen LogP contribution in [-0.2, 0) is 4.79 Å². The van der Waals surface area contributed by atoms with Gasteiger partial charge in [0.2, 0.25) is 0 Å². The highest BCUT2D eigenvalue weighted by Gasteiger charge is 2.47. The van der Waals surface area contributed by atoms with Gasteiger partial charge in [-0.3, -0.25) is 4.79 Å². The van der Waals surface area contributed by atoms with Gasteiger partial charge in [-0.1, -0.05) is 0 Å². The Morgan fingerprint density at radius 2 is 1.57 bits per heavy atom. The molecular weight excluding hydrogens is 298 g/mol. The van der Waals surface area contributed by atoms with E-state index in [1.807, 2.05) is 27.7 Å². The first-order valence-corrected chi connectivity index (χ1v) is 7.57. The van der Waals surface area contributed by atoms with E-state index in [9.17, 15) is 14.8 Å². The van der Waals surface area contributed by atoms with Crippen molar-refractivity contribution in [3.63, 3.8) is 0 Å². The number of hydrogen-bond acceptors (Lipinski definition) is 5. The van der Waals surface area contributed by atoms with Crippen LogP contribution in [0, 0.1) is 5.92 Å². The van der Waals surface area contributed by atoms with Crippen LogP contribution in [0.25, 0.3) is 0 Å². The highest BCUT2D eigenvalue weighted by atomic mass is 16.5. The second kappa shape index (κ2) is 5.94. The minimum Gasteiger partial charge on any atom is -0.478 e. The van der Waals surface area contributed by atoms with Crippen LogP contribution in [0.4, 0.5) is 0 Å². The number of nitrogens with zero attached hydrogens (tertiary/aromatic N) is 1. The molecule has 0 atom stereocenters. The Morgan fingerprint density at radius 1 is 1.09 bits per heavy atom. The summed E-state index contributed by atoms with van der Waals surface area (Å²) in [7, 11) is 0. The molecule has 1 heterocycles. The first-order valence-electron chi connectivity index (χ1n) is 7.57. The van der Waals surface area contributed by atoms with E-state index in [-0.39, 0.29) is 17.5 Å². The number of carboxylic acids is 1. The lowest BCUT2D eigenvalue weighted by atomic mass is 9.75. The van der Waals surface area contributed by atoms with E-state index in [4.69, 9.17) is 9.84 Å². The number of piperidine rings is 1. The van der Waals surface area contributed by atoms with E-state index in [1.165, 1.54) is 29.3 Å². The molecule has 23 heavy (non-hydrogen) atoms. The minimum absolute atomic E-state index is 0.139. The first-order chi connectivity index (χ1) is 10.5. The lowest BCUT2D eigenvalue weighted by Crippen LogP contribution is -2.60. The van der Waals surface area contributed by atoms with E-state index in [0.717, 1.165) is 0 Å². The molecule has 1 saturated heterocycles. The zero-order valence-electron chi connectivity index (χ0n) is 13.9. The number of carboxylic acid groups (broad SMARTS) is 1. The van der Waals surface area contributed by atoms with Gasteiger partial charge >= 0.3 is 11.9 Å². The third-order valence-corrected chi connectivity index (χ3v) is 4.29. The monoisotopic (exact) mass is 321 g/mol. The molecule has 0 saturated carbocycles. The SMILES string of the molecule is CC1(C)CC(C(=O)Oc2ccc(C(=O)O)cc2)CC(C)(C)N1O. The molecule has 0 bridgehead atoms. The Bertz CT molecular complexity index is 588. The second-order valence-electron chi connectivity index (χ2n) is 7.29. The predicted octanol–water partition coefficient (Wildman–Crippen LogP) is 2.95. The highest BCUT2D eigenvalue weighted by molar-refractivity contribution is 5.87. The number of esters is 1. The van der Waals surface area contributed by atoms with Gasteiger partial charge in [0, 0.05) is 11.1 Å². The number of hydrogen-bond donors (Lipinski definition) is 2. The number of rotatable bonds is 3. The average Bonchev–Trinajstić information content (AvgIpc) is 2.44. The van der Waals surface area contributed by atoms with Crippen molar-refractivity contribution < 1.29 is 24.6 Å². The van der Waals surface area contributed by atoms with E-state index in [0.29, 0.717) is 18.6 Å². The van der Waals surface area contributed by atoms with Crippen LogP contribution in [0.1, 0.15) is 50.9 Å². The van der Waals surface area contributed by atoms with Crippen molar-refractivity contribution in [1.82, 2.24) is 5.06 Å². The van der Waals surface area contributed by atoms with E-state index >= 15 is 0 Å². The van der Waals surface area contributed by atoms with E-state index in [1.54, 1.807) is 0 Å². The summed E-state index contributed by atoms with van der Waals surface area (Å²) in [5, 5.41) is 20.4. The van der Waals surface area contributed by atoms with Gasteiger partial charge in [-0.25, -0.2) is 4.79 Å². The summed E-state index contributed by atoms with van der Waals surface area (Å²) in [6.45, 7) is 7.54. The van der Waals surface area contributed by atoms with Crippen LogP contribution < -0.4 is 4.74 Å². The molecule has 0 aliphatic carbocycles. The van der Waals surface area contributed by atoms with Crippen LogP contribution >= 0.6 is 0 Å². The topological polar surface area (TPSA) is 87.1 Å². The molecule has 1 aromatic carbocycles. The molecule has 1 aliphatic rings. The maximum Gasteiger partial charge on any atom is 0.335 e. The number of hydroxylamine groups is 2. The van der Waals surface area contributed by atoms with Crippen molar-refractivity contribution in [2.75, 3.05) is 0 Å². The maximum atomic E-state index is 12.4. The Morgan fingerprint density at radius 3 is 2.00 bits per heavy atom. The summed E-state index contributed by atoms with van der Waals surface area (Å²) in [5.74, 6) is -1.39. The number of aromatic carboxylic acids is 1. The lowest BCUT2D eigenvalue weighted by Gasteiger charge is -2.50. The zero-order valence-corrected chi connectivity index (χ0v) is 13.9. The molecule has 0 amide bonds. The van der Waals surface area contributed by atoms with Gasteiger partial charge in [0.1, 0.15) is 5.75 Å². The van der Waals surface area contributed by atoms with Gasteiger partial charge in [-0.05, 0) is 64.8 Å². The smallest absolute Gasteiger partial charge is 0.335 e. The lowest BCUT2D eigenvalue weighted by molar-refractivity contribution is -0.251. The maximum absolute atomic E-state index is 12.4. The van der Waals surface area contributed by atoms with Gasteiger partial charge in [-0.15, -0.1) is 0 Å². The summed E-state index contributed by atoms with van der Waals surface area (Å²) >= 11 is 0. The van der Waals surface area contributed by atoms with Crippen LogP contribution in [0.5, 0.6) is 5.75 Å². The van der Waals surface area contributed by atoms with Gasteiger partial charge in [-0.2, -0.15) is 5.06 Å². The molecule has 0 unspecified atom stereocenters. The predicted molar refractivity (Wildman–Crippen MR) is 83.5 cm³/mol. The van der Waals surface area contributed by atoms with Crippen LogP contribution in [-0.4, -0.2) is 38.4 Å². The third-order valence-electron chi connectivity index (χ3n) is 4.29. The molecule has 1 fully saturated rings. The van der Waals surface area contributed by atoms with E-state index < -0.39 is 17.0 Å². The Balaban J connectivity index is 2.10. The Kier molecular flexibility index (Phi) is 4.50. The fraction of sp³-hybridized carbons (Fsp3) is 0.529. The fourth-order valence-corrected chi connectivity index (χ4v) is 3.30. The largest absolute Gasteiger partial charge is 0.478 e. The molecule has 0 aromatic heterocycles. The van der Waals surface area contributed by atoms with Crippen molar-refractivity contribution >= 4 is 11.9 Å². The number of carbonyl (C=O) groups excluding carboxylic acids is 1. The molecule has 6 heteroatoms. The number of carbonyl (C=O) groups is 2. The van der Waals surface area contributed by atoms with Gasteiger partial charge < -0.3 is 15.1 Å². The van der Waals surface area contributed by atoms with Crippen molar-refractivity contribution in [3.05, 3.63) is 29.8 Å². The van der Waals surface area contributed by atoms with Crippen molar-refractivity contribution in [1.29, 1.82) is 0 Å². The van der Waals surface area contributed by atoms with Gasteiger partial charge in [0.25, 0.3) is 0 Å². The second-order valence-corrected chi connectivity index (χ2v) is 7.29. The molecule has 126 valence electrons. The van der Waals surface area contributed by atoms with E-state index in [2.05, 4.69) is 0 Å². The molecule has 0 radical (unpaired) electrons. The first kappa shape index (κ1) is 17.4. The summed E-state index contributed by atoms with van der Waals surface area (Å²) in [6, 6.07) is 5.74. The third kappa shape index (κ3) is 3.71. The van der Waals surface area contributed by atoms with Crippen LogP contribution in [0.15, 0.2) is 24.3 Å².